The minimum absolute atomic E-state index is 0.0386. The van der Waals surface area contributed by atoms with E-state index in [0.29, 0.717) is 5.56 Å². The number of rotatable bonds is 4. The van der Waals surface area contributed by atoms with Crippen LogP contribution in [-0.4, -0.2) is 50.2 Å². The summed E-state index contributed by atoms with van der Waals surface area (Å²) < 4.78 is 31.4. The molecular formula is C13H16N2O5S. The van der Waals surface area contributed by atoms with Crippen LogP contribution in [-0.2, 0) is 19.6 Å². The lowest BCUT2D eigenvalue weighted by Crippen LogP contribution is -2.54. The molecule has 1 heterocycles. The number of amides is 1. The number of ether oxygens (including phenoxy) is 1. The third-order valence-electron chi connectivity index (χ3n) is 3.25. The van der Waals surface area contributed by atoms with Gasteiger partial charge in [-0.05, 0) is 19.1 Å². The summed E-state index contributed by atoms with van der Waals surface area (Å²) in [4.78, 5) is 22.7. The summed E-state index contributed by atoms with van der Waals surface area (Å²) in [7, 11) is -3.91. The van der Waals surface area contributed by atoms with Gasteiger partial charge in [0.05, 0.1) is 18.1 Å². The molecule has 1 saturated heterocycles. The fraction of sp³-hybridized carbons (Fsp3) is 0.385. The van der Waals surface area contributed by atoms with Crippen molar-refractivity contribution in [2.75, 3.05) is 19.8 Å². The topological polar surface area (TPSA) is 107 Å². The minimum atomic E-state index is -3.91. The third-order valence-corrected chi connectivity index (χ3v) is 5.16. The van der Waals surface area contributed by atoms with Crippen molar-refractivity contribution < 1.29 is 22.7 Å². The maximum absolute atomic E-state index is 12.6. The minimum Gasteiger partial charge on any atom is -0.378 e. The van der Waals surface area contributed by atoms with E-state index in [1.807, 2.05) is 0 Å². The molecule has 1 atom stereocenters. The van der Waals surface area contributed by atoms with Crippen LogP contribution in [0.3, 0.4) is 0 Å². The van der Waals surface area contributed by atoms with E-state index in [9.17, 15) is 18.0 Å². The fourth-order valence-electron chi connectivity index (χ4n) is 2.11. The fourth-order valence-corrected chi connectivity index (χ4v) is 3.72. The number of nitrogens with two attached hydrogens (primary N) is 1. The first-order chi connectivity index (χ1) is 9.84. The van der Waals surface area contributed by atoms with Gasteiger partial charge in [-0.1, -0.05) is 12.1 Å². The van der Waals surface area contributed by atoms with Gasteiger partial charge in [-0.15, -0.1) is 0 Å². The van der Waals surface area contributed by atoms with E-state index in [4.69, 9.17) is 10.5 Å². The van der Waals surface area contributed by atoms with Crippen molar-refractivity contribution in [3.8, 4) is 0 Å². The Morgan fingerprint density at radius 2 is 2.10 bits per heavy atom. The van der Waals surface area contributed by atoms with Gasteiger partial charge in [0.25, 0.3) is 0 Å². The Labute approximate surface area is 122 Å². The second kappa shape index (κ2) is 5.92. The van der Waals surface area contributed by atoms with Crippen LogP contribution in [0.1, 0.15) is 17.3 Å². The van der Waals surface area contributed by atoms with Gasteiger partial charge in [0.1, 0.15) is 6.04 Å². The van der Waals surface area contributed by atoms with Gasteiger partial charge in [-0.3, -0.25) is 9.59 Å². The molecule has 0 aromatic heterocycles. The normalized spacial score (nSPS) is 20.1. The summed E-state index contributed by atoms with van der Waals surface area (Å²) in [6, 6.07) is 4.67. The molecule has 0 spiro atoms. The third kappa shape index (κ3) is 3.12. The summed E-state index contributed by atoms with van der Waals surface area (Å²) in [5.74, 6) is -0.999. The van der Waals surface area contributed by atoms with Gasteiger partial charge < -0.3 is 10.5 Å². The predicted molar refractivity (Wildman–Crippen MR) is 74.1 cm³/mol. The van der Waals surface area contributed by atoms with Gasteiger partial charge in [0.2, 0.25) is 15.9 Å². The molecule has 7 nitrogen and oxygen atoms in total. The Hall–Kier alpha value is -1.77. The number of ketones is 1. The first-order valence-electron chi connectivity index (χ1n) is 6.34. The second-order valence-electron chi connectivity index (χ2n) is 4.69. The average Bonchev–Trinajstić information content (AvgIpc) is 2.47. The van der Waals surface area contributed by atoms with Gasteiger partial charge in [-0.25, -0.2) is 8.42 Å². The number of benzene rings is 1. The average molecular weight is 312 g/mol. The molecule has 1 amide bonds. The Kier molecular flexibility index (Phi) is 4.40. The van der Waals surface area contributed by atoms with Crippen molar-refractivity contribution in [1.82, 2.24) is 4.31 Å². The van der Waals surface area contributed by atoms with Gasteiger partial charge >= 0.3 is 0 Å². The Morgan fingerprint density at radius 3 is 2.71 bits per heavy atom. The quantitative estimate of drug-likeness (QED) is 0.772. The van der Waals surface area contributed by atoms with Crippen molar-refractivity contribution in [2.45, 2.75) is 17.9 Å². The van der Waals surface area contributed by atoms with Crippen LogP contribution >= 0.6 is 0 Å². The van der Waals surface area contributed by atoms with Crippen LogP contribution in [0.4, 0.5) is 0 Å². The number of sulfonamides is 1. The maximum atomic E-state index is 12.6. The number of primary amides is 1. The molecule has 1 aliphatic heterocycles. The number of carbonyl (C=O) groups is 2. The first-order valence-corrected chi connectivity index (χ1v) is 7.78. The summed E-state index contributed by atoms with van der Waals surface area (Å²) in [5, 5.41) is 0. The molecule has 0 saturated carbocycles. The highest BCUT2D eigenvalue weighted by Gasteiger charge is 2.37. The van der Waals surface area contributed by atoms with E-state index < -0.39 is 22.0 Å². The SMILES string of the molecule is CC(=O)c1cccc(S(=O)(=O)N2CCOCC2C(N)=O)c1. The van der Waals surface area contributed by atoms with Gasteiger partial charge in [0, 0.05) is 12.1 Å². The monoisotopic (exact) mass is 312 g/mol. The Morgan fingerprint density at radius 1 is 1.38 bits per heavy atom. The number of morpholine rings is 1. The van der Waals surface area contributed by atoms with Crippen LogP contribution in [0.5, 0.6) is 0 Å². The van der Waals surface area contributed by atoms with Gasteiger partial charge in [-0.2, -0.15) is 4.31 Å². The molecule has 1 unspecified atom stereocenters. The summed E-state index contributed by atoms with van der Waals surface area (Å²) in [6.07, 6.45) is 0. The zero-order chi connectivity index (χ0) is 15.6. The number of hydrogen-bond acceptors (Lipinski definition) is 5. The number of hydrogen-bond donors (Lipinski definition) is 1. The molecule has 1 aromatic carbocycles. The lowest BCUT2D eigenvalue weighted by molar-refractivity contribution is -0.125. The molecule has 0 aliphatic carbocycles. The molecule has 1 aliphatic rings. The van der Waals surface area contributed by atoms with Crippen LogP contribution < -0.4 is 5.73 Å². The van der Waals surface area contributed by atoms with Crippen LogP contribution in [0.2, 0.25) is 0 Å². The Bertz CT molecular complexity index is 671. The maximum Gasteiger partial charge on any atom is 0.243 e. The van der Waals surface area contributed by atoms with Crippen molar-refractivity contribution in [3.63, 3.8) is 0 Å². The molecule has 2 rings (SSSR count). The molecule has 2 N–H and O–H groups in total. The van der Waals surface area contributed by atoms with E-state index >= 15 is 0 Å². The number of Topliss-reactive ketones (excluding diaryl/α,β-unsaturated/α-hetero) is 1. The first kappa shape index (κ1) is 15.6. The lowest BCUT2D eigenvalue weighted by atomic mass is 10.2. The van der Waals surface area contributed by atoms with Crippen molar-refractivity contribution in [3.05, 3.63) is 29.8 Å². The standard InChI is InChI=1S/C13H16N2O5S/c1-9(16)10-3-2-4-11(7-10)21(18,19)15-5-6-20-8-12(15)13(14)17/h2-4,7,12H,5-6,8H2,1H3,(H2,14,17). The van der Waals surface area contributed by atoms with Crippen LogP contribution in [0.15, 0.2) is 29.2 Å². The van der Waals surface area contributed by atoms with Crippen molar-refractivity contribution >= 4 is 21.7 Å². The smallest absolute Gasteiger partial charge is 0.243 e. The van der Waals surface area contributed by atoms with Gasteiger partial charge in [0.15, 0.2) is 5.78 Å². The highest BCUT2D eigenvalue weighted by Crippen LogP contribution is 2.21. The Balaban J connectivity index is 2.43. The van der Waals surface area contributed by atoms with E-state index in [0.717, 1.165) is 4.31 Å². The zero-order valence-corrected chi connectivity index (χ0v) is 12.3. The van der Waals surface area contributed by atoms with Crippen molar-refractivity contribution in [1.29, 1.82) is 0 Å². The largest absolute Gasteiger partial charge is 0.378 e. The molecule has 8 heteroatoms. The van der Waals surface area contributed by atoms with Crippen molar-refractivity contribution in [2.24, 2.45) is 5.73 Å². The van der Waals surface area contributed by atoms with E-state index in [1.165, 1.54) is 31.2 Å². The zero-order valence-electron chi connectivity index (χ0n) is 11.5. The molecule has 0 bridgehead atoms. The second-order valence-corrected chi connectivity index (χ2v) is 6.58. The van der Waals surface area contributed by atoms with Crippen LogP contribution in [0, 0.1) is 0 Å². The summed E-state index contributed by atoms with van der Waals surface area (Å²) in [6.45, 7) is 1.52. The highest BCUT2D eigenvalue weighted by molar-refractivity contribution is 7.89. The molecule has 21 heavy (non-hydrogen) atoms. The molecule has 1 aromatic rings. The molecule has 114 valence electrons. The highest BCUT2D eigenvalue weighted by atomic mass is 32.2. The number of carbonyl (C=O) groups excluding carboxylic acids is 2. The lowest BCUT2D eigenvalue weighted by Gasteiger charge is -2.32. The van der Waals surface area contributed by atoms with E-state index in [-0.39, 0.29) is 30.4 Å². The molecular weight excluding hydrogens is 296 g/mol. The predicted octanol–water partition coefficient (Wildman–Crippen LogP) is -0.236. The summed E-state index contributed by atoms with van der Waals surface area (Å²) >= 11 is 0. The molecule has 0 radical (unpaired) electrons. The summed E-state index contributed by atoms with van der Waals surface area (Å²) in [5.41, 5.74) is 5.52. The van der Waals surface area contributed by atoms with Crippen LogP contribution in [0.25, 0.3) is 0 Å². The molecule has 1 fully saturated rings. The van der Waals surface area contributed by atoms with E-state index in [2.05, 4.69) is 0 Å². The number of nitrogens with zero attached hydrogens (tertiary/aromatic N) is 1. The van der Waals surface area contributed by atoms with E-state index in [1.54, 1.807) is 0 Å².